The Labute approximate surface area is 170 Å². The van der Waals surface area contributed by atoms with Crippen molar-refractivity contribution in [1.29, 1.82) is 0 Å². The maximum Gasteiger partial charge on any atom is 0.303 e. The Morgan fingerprint density at radius 1 is 1.22 bits per heavy atom. The number of hydrogen-bond donors (Lipinski definition) is 3. The fraction of sp³-hybridized carbons (Fsp3) is 0.864. The second-order valence-electron chi connectivity index (χ2n) is 8.83. The Morgan fingerprint density at radius 3 is 2.52 bits per heavy atom. The third-order valence-electron chi connectivity index (χ3n) is 6.04. The summed E-state index contributed by atoms with van der Waals surface area (Å²) in [4.78, 5) is 10.5. The fourth-order valence-electron chi connectivity index (χ4n) is 4.02. The highest BCUT2D eigenvalue weighted by atomic mass is 35.5. The van der Waals surface area contributed by atoms with Crippen LogP contribution in [0.25, 0.3) is 0 Å². The third-order valence-corrected chi connectivity index (χ3v) is 6.54. The fourth-order valence-corrected chi connectivity index (χ4v) is 4.49. The van der Waals surface area contributed by atoms with Crippen molar-refractivity contribution in [2.24, 2.45) is 17.3 Å². The van der Waals surface area contributed by atoms with Gasteiger partial charge in [0.05, 0.1) is 12.2 Å². The second kappa shape index (κ2) is 12.1. The molecule has 1 fully saturated rings. The highest BCUT2D eigenvalue weighted by molar-refractivity contribution is 6.21. The van der Waals surface area contributed by atoms with E-state index in [1.54, 1.807) is 0 Å². The molecule has 3 N–H and O–H groups in total. The molecule has 0 saturated heterocycles. The predicted molar refractivity (Wildman–Crippen MR) is 111 cm³/mol. The molecule has 0 amide bonds. The van der Waals surface area contributed by atoms with E-state index >= 15 is 0 Å². The smallest absolute Gasteiger partial charge is 0.303 e. The number of carbonyl (C=O) groups is 1. The lowest BCUT2D eigenvalue weighted by Crippen LogP contribution is -2.28. The van der Waals surface area contributed by atoms with Crippen LogP contribution in [0.3, 0.4) is 0 Å². The zero-order valence-electron chi connectivity index (χ0n) is 17.2. The van der Waals surface area contributed by atoms with Crippen molar-refractivity contribution < 1.29 is 20.1 Å². The molecule has 5 heteroatoms. The van der Waals surface area contributed by atoms with Gasteiger partial charge in [0, 0.05) is 17.7 Å². The Bertz CT molecular complexity index is 463. The molecule has 1 saturated carbocycles. The molecule has 0 aliphatic heterocycles. The molecule has 0 bridgehead atoms. The van der Waals surface area contributed by atoms with Crippen LogP contribution >= 0.6 is 11.6 Å². The number of aliphatic carboxylic acids is 1. The van der Waals surface area contributed by atoms with Gasteiger partial charge in [0.25, 0.3) is 0 Å². The van der Waals surface area contributed by atoms with E-state index in [-0.39, 0.29) is 29.0 Å². The van der Waals surface area contributed by atoms with Gasteiger partial charge in [-0.05, 0) is 37.0 Å². The van der Waals surface area contributed by atoms with Gasteiger partial charge in [0.1, 0.15) is 0 Å². The maximum atomic E-state index is 10.6. The first-order chi connectivity index (χ1) is 12.7. The molecule has 0 spiro atoms. The molecule has 1 rings (SSSR count). The summed E-state index contributed by atoms with van der Waals surface area (Å²) in [6, 6.07) is 0. The minimum atomic E-state index is -0.736. The van der Waals surface area contributed by atoms with E-state index in [0.717, 1.165) is 51.4 Å². The van der Waals surface area contributed by atoms with Crippen molar-refractivity contribution in [2.45, 2.75) is 103 Å². The van der Waals surface area contributed by atoms with Crippen molar-refractivity contribution >= 4 is 17.6 Å². The largest absolute Gasteiger partial charge is 0.481 e. The number of aliphatic hydroxyl groups is 2. The normalized spacial score (nSPS) is 27.3. The lowest BCUT2D eigenvalue weighted by atomic mass is 9.80. The molecule has 1 aliphatic rings. The summed E-state index contributed by atoms with van der Waals surface area (Å²) in [6.45, 7) is 6.32. The van der Waals surface area contributed by atoms with Crippen LogP contribution in [0.2, 0.25) is 0 Å². The van der Waals surface area contributed by atoms with Gasteiger partial charge in [0.15, 0.2) is 0 Å². The summed E-state index contributed by atoms with van der Waals surface area (Å²) < 4.78 is 0. The zero-order chi connectivity index (χ0) is 20.4. The summed E-state index contributed by atoms with van der Waals surface area (Å²) in [7, 11) is 0. The molecule has 158 valence electrons. The van der Waals surface area contributed by atoms with E-state index in [4.69, 9.17) is 16.7 Å². The van der Waals surface area contributed by atoms with Crippen molar-refractivity contribution in [2.75, 3.05) is 0 Å². The Balaban J connectivity index is 2.53. The summed E-state index contributed by atoms with van der Waals surface area (Å²) in [6.07, 6.45) is 11.4. The number of halogens is 1. The lowest BCUT2D eigenvalue weighted by Gasteiger charge is -2.29. The molecular formula is C22H39ClO4. The standard InChI is InChI=1S/C22H39ClO4/c1-4-5-14-22(2,3)20(25)13-12-17-16(18(23)15-19(17)24)10-8-6-7-9-11-21(26)27/h12-13,16-20,24-25H,4-11,14-15H2,1-3H3,(H,26,27). The number of rotatable bonds is 13. The molecule has 0 heterocycles. The van der Waals surface area contributed by atoms with E-state index in [1.165, 1.54) is 0 Å². The number of hydrogen-bond acceptors (Lipinski definition) is 3. The van der Waals surface area contributed by atoms with Gasteiger partial charge >= 0.3 is 5.97 Å². The van der Waals surface area contributed by atoms with E-state index in [2.05, 4.69) is 20.8 Å². The van der Waals surface area contributed by atoms with Crippen molar-refractivity contribution in [3.8, 4) is 0 Å². The van der Waals surface area contributed by atoms with Crippen LogP contribution in [0.15, 0.2) is 12.2 Å². The number of carboxylic acids is 1. The number of aliphatic hydroxyl groups excluding tert-OH is 2. The number of carboxylic acid groups (broad SMARTS) is 1. The monoisotopic (exact) mass is 402 g/mol. The van der Waals surface area contributed by atoms with Gasteiger partial charge in [-0.25, -0.2) is 0 Å². The summed E-state index contributed by atoms with van der Waals surface area (Å²) in [5, 5.41) is 29.6. The summed E-state index contributed by atoms with van der Waals surface area (Å²) in [5.74, 6) is -0.535. The second-order valence-corrected chi connectivity index (χ2v) is 9.39. The van der Waals surface area contributed by atoms with Crippen LogP contribution in [-0.2, 0) is 4.79 Å². The molecule has 27 heavy (non-hydrogen) atoms. The molecule has 0 radical (unpaired) electrons. The first kappa shape index (κ1) is 24.5. The average Bonchev–Trinajstić information content (AvgIpc) is 2.86. The SMILES string of the molecule is CCCCC(C)(C)C(O)C=CC1C(O)CC(Cl)C1CCCCCCC(=O)O. The zero-order valence-corrected chi connectivity index (χ0v) is 18.0. The van der Waals surface area contributed by atoms with Gasteiger partial charge in [-0.2, -0.15) is 0 Å². The number of alkyl halides is 1. The van der Waals surface area contributed by atoms with Gasteiger partial charge < -0.3 is 15.3 Å². The number of unbranched alkanes of at least 4 members (excludes halogenated alkanes) is 4. The molecule has 1 aliphatic carbocycles. The van der Waals surface area contributed by atoms with E-state index in [9.17, 15) is 15.0 Å². The highest BCUT2D eigenvalue weighted by Gasteiger charge is 2.39. The quantitative estimate of drug-likeness (QED) is 0.226. The summed E-state index contributed by atoms with van der Waals surface area (Å²) in [5.41, 5.74) is -0.171. The molecule has 4 nitrogen and oxygen atoms in total. The first-order valence-corrected chi connectivity index (χ1v) is 11.0. The van der Waals surface area contributed by atoms with Gasteiger partial charge in [-0.1, -0.05) is 65.0 Å². The molecule has 5 unspecified atom stereocenters. The van der Waals surface area contributed by atoms with Crippen LogP contribution in [0, 0.1) is 17.3 Å². The topological polar surface area (TPSA) is 77.8 Å². The third kappa shape index (κ3) is 8.53. The maximum absolute atomic E-state index is 10.6. The Morgan fingerprint density at radius 2 is 1.89 bits per heavy atom. The van der Waals surface area contributed by atoms with Crippen LogP contribution in [-0.4, -0.2) is 38.9 Å². The Hall–Kier alpha value is -0.580. The van der Waals surface area contributed by atoms with Crippen molar-refractivity contribution in [1.82, 2.24) is 0 Å². The van der Waals surface area contributed by atoms with E-state index in [0.29, 0.717) is 6.42 Å². The minimum Gasteiger partial charge on any atom is -0.481 e. The van der Waals surface area contributed by atoms with E-state index < -0.39 is 18.2 Å². The first-order valence-electron chi connectivity index (χ1n) is 10.6. The summed E-state index contributed by atoms with van der Waals surface area (Å²) >= 11 is 6.49. The van der Waals surface area contributed by atoms with Crippen molar-refractivity contribution in [3.05, 3.63) is 12.2 Å². The van der Waals surface area contributed by atoms with Crippen molar-refractivity contribution in [3.63, 3.8) is 0 Å². The molecule has 0 aromatic rings. The minimum absolute atomic E-state index is 0.0110. The highest BCUT2D eigenvalue weighted by Crippen LogP contribution is 2.40. The van der Waals surface area contributed by atoms with E-state index in [1.807, 2.05) is 12.2 Å². The van der Waals surface area contributed by atoms with Crippen LogP contribution in [0.1, 0.15) is 85.0 Å². The molecule has 0 aromatic carbocycles. The van der Waals surface area contributed by atoms with Crippen LogP contribution < -0.4 is 0 Å². The van der Waals surface area contributed by atoms with Gasteiger partial charge in [-0.3, -0.25) is 4.79 Å². The van der Waals surface area contributed by atoms with Crippen LogP contribution in [0.4, 0.5) is 0 Å². The molecule has 0 aromatic heterocycles. The average molecular weight is 403 g/mol. The van der Waals surface area contributed by atoms with Crippen LogP contribution in [0.5, 0.6) is 0 Å². The Kier molecular flexibility index (Phi) is 10.9. The predicted octanol–water partition coefficient (Wildman–Crippen LogP) is 5.15. The molecular weight excluding hydrogens is 364 g/mol. The van der Waals surface area contributed by atoms with Gasteiger partial charge in [-0.15, -0.1) is 11.6 Å². The lowest BCUT2D eigenvalue weighted by molar-refractivity contribution is -0.137. The molecule has 5 atom stereocenters. The van der Waals surface area contributed by atoms with Gasteiger partial charge in [0.2, 0.25) is 0 Å².